The quantitative estimate of drug-likeness (QED) is 0.605. The van der Waals surface area contributed by atoms with E-state index in [0.717, 1.165) is 18.9 Å². The van der Waals surface area contributed by atoms with E-state index in [1.165, 1.54) is 6.20 Å². The summed E-state index contributed by atoms with van der Waals surface area (Å²) in [6.45, 7) is 6.29. The number of nitrogens with one attached hydrogen (secondary N) is 1. The molecule has 0 saturated heterocycles. The molecule has 2 fully saturated rings. The average Bonchev–Trinajstić information content (AvgIpc) is 3.48. The van der Waals surface area contributed by atoms with E-state index in [-0.39, 0.29) is 22.3 Å². The van der Waals surface area contributed by atoms with E-state index < -0.39 is 33.3 Å². The van der Waals surface area contributed by atoms with Crippen LogP contribution in [0.15, 0.2) is 18.3 Å². The van der Waals surface area contributed by atoms with Crippen LogP contribution in [0.3, 0.4) is 0 Å². The second-order valence-corrected chi connectivity index (χ2v) is 11.8. The van der Waals surface area contributed by atoms with Crippen molar-refractivity contribution in [2.24, 2.45) is 5.41 Å². The van der Waals surface area contributed by atoms with Gasteiger partial charge >= 0.3 is 6.18 Å². The summed E-state index contributed by atoms with van der Waals surface area (Å²) in [5.41, 5.74) is 0.526. The summed E-state index contributed by atoms with van der Waals surface area (Å²) in [5.74, 6) is -0.437. The molecule has 0 radical (unpaired) electrons. The minimum Gasteiger partial charge on any atom is -0.347 e. The lowest BCUT2D eigenvalue weighted by atomic mass is 9.97. The smallest absolute Gasteiger partial charge is 0.347 e. The van der Waals surface area contributed by atoms with Crippen LogP contribution in [0.2, 0.25) is 0 Å². The van der Waals surface area contributed by atoms with Crippen LogP contribution in [0.4, 0.5) is 17.6 Å². The van der Waals surface area contributed by atoms with Crippen molar-refractivity contribution < 1.29 is 26.0 Å². The van der Waals surface area contributed by atoms with Gasteiger partial charge in [-0.3, -0.25) is 0 Å². The Bertz CT molecular complexity index is 1080. The first-order valence-corrected chi connectivity index (χ1v) is 11.7. The van der Waals surface area contributed by atoms with Crippen LogP contribution in [0.1, 0.15) is 69.5 Å². The molecule has 1 heterocycles. The molecule has 1 atom stereocenters. The largest absolute Gasteiger partial charge is 0.408 e. The fourth-order valence-electron chi connectivity index (χ4n) is 3.88. The molecule has 0 spiro atoms. The Morgan fingerprint density at radius 2 is 1.77 bits per heavy atom. The van der Waals surface area contributed by atoms with Crippen molar-refractivity contribution in [3.05, 3.63) is 35.3 Å². The first-order chi connectivity index (χ1) is 13.8. The molecule has 0 unspecified atom stereocenters. The summed E-state index contributed by atoms with van der Waals surface area (Å²) in [7, 11) is -4.11. The van der Waals surface area contributed by atoms with Gasteiger partial charge in [0.05, 0.1) is 5.25 Å². The number of aromatic nitrogens is 1. The van der Waals surface area contributed by atoms with Gasteiger partial charge in [0.25, 0.3) is 0 Å². The first-order valence-electron chi connectivity index (χ1n) is 10.2. The van der Waals surface area contributed by atoms with E-state index in [0.29, 0.717) is 30.5 Å². The third-order valence-electron chi connectivity index (χ3n) is 5.58. The average molecular weight is 447 g/mol. The van der Waals surface area contributed by atoms with Gasteiger partial charge in [0, 0.05) is 29.2 Å². The molecule has 0 aliphatic heterocycles. The number of rotatable bonds is 6. The maximum Gasteiger partial charge on any atom is 0.408 e. The topological polar surface area (TPSA) is 51.1 Å². The van der Waals surface area contributed by atoms with E-state index in [4.69, 9.17) is 0 Å². The van der Waals surface area contributed by atoms with Gasteiger partial charge in [-0.25, -0.2) is 12.8 Å². The van der Waals surface area contributed by atoms with Crippen LogP contribution in [0.5, 0.6) is 0 Å². The minimum absolute atomic E-state index is 0.0990. The molecule has 1 aromatic heterocycles. The molecule has 0 amide bonds. The lowest BCUT2D eigenvalue weighted by Gasteiger charge is -2.22. The summed E-state index contributed by atoms with van der Waals surface area (Å²) in [4.78, 5) is 0. The van der Waals surface area contributed by atoms with Crippen LogP contribution >= 0.6 is 0 Å². The van der Waals surface area contributed by atoms with Crippen molar-refractivity contribution >= 4 is 20.9 Å². The monoisotopic (exact) mass is 446 g/mol. The summed E-state index contributed by atoms with van der Waals surface area (Å²) in [6.07, 6.45) is -1.09. The van der Waals surface area contributed by atoms with E-state index >= 15 is 0 Å². The molecule has 0 bridgehead atoms. The van der Waals surface area contributed by atoms with Crippen LogP contribution in [-0.4, -0.2) is 24.4 Å². The van der Waals surface area contributed by atoms with Crippen molar-refractivity contribution in [3.8, 4) is 0 Å². The van der Waals surface area contributed by atoms with Gasteiger partial charge in [-0.1, -0.05) is 20.8 Å². The lowest BCUT2D eigenvalue weighted by molar-refractivity contribution is -0.152. The SMILES string of the molecule is CC(C)(C)Cn1cc([C@H](NS(=O)(=O)C2CC2)C(F)(F)F)c2cc(F)c(C3CC3)cc21. The third kappa shape index (κ3) is 4.37. The summed E-state index contributed by atoms with van der Waals surface area (Å²) >= 11 is 0. The van der Waals surface area contributed by atoms with Gasteiger partial charge in [0.15, 0.2) is 0 Å². The van der Waals surface area contributed by atoms with E-state index in [9.17, 15) is 26.0 Å². The van der Waals surface area contributed by atoms with Crippen LogP contribution in [-0.2, 0) is 16.6 Å². The zero-order chi connectivity index (χ0) is 22.1. The van der Waals surface area contributed by atoms with Gasteiger partial charge in [0.1, 0.15) is 11.9 Å². The zero-order valence-electron chi connectivity index (χ0n) is 17.2. The molecule has 2 aliphatic rings. The molecule has 4 nitrogen and oxygen atoms in total. The van der Waals surface area contributed by atoms with Crippen molar-refractivity contribution in [1.29, 1.82) is 0 Å². The number of alkyl halides is 3. The van der Waals surface area contributed by atoms with E-state index in [1.54, 1.807) is 10.6 Å². The highest BCUT2D eigenvalue weighted by Crippen LogP contribution is 2.45. The fourth-order valence-corrected chi connectivity index (χ4v) is 5.42. The Kier molecular flexibility index (Phi) is 5.01. The first kappa shape index (κ1) is 21.6. The number of halogens is 4. The number of hydrogen-bond donors (Lipinski definition) is 1. The van der Waals surface area contributed by atoms with Crippen molar-refractivity contribution in [2.75, 3.05) is 0 Å². The number of benzene rings is 1. The molecular weight excluding hydrogens is 420 g/mol. The summed E-state index contributed by atoms with van der Waals surface area (Å²) in [5, 5.41) is -0.689. The number of nitrogens with zero attached hydrogens (tertiary/aromatic N) is 1. The van der Waals surface area contributed by atoms with Crippen LogP contribution in [0.25, 0.3) is 10.9 Å². The molecule has 2 aliphatic carbocycles. The Morgan fingerprint density at radius 3 is 2.27 bits per heavy atom. The van der Waals surface area contributed by atoms with Crippen LogP contribution in [0, 0.1) is 11.2 Å². The van der Waals surface area contributed by atoms with Gasteiger partial charge in [0.2, 0.25) is 10.0 Å². The number of hydrogen-bond acceptors (Lipinski definition) is 2. The van der Waals surface area contributed by atoms with E-state index in [2.05, 4.69) is 0 Å². The van der Waals surface area contributed by atoms with E-state index in [1.807, 2.05) is 25.5 Å². The third-order valence-corrected chi connectivity index (χ3v) is 7.49. The molecular formula is C21H26F4N2O2S. The Hall–Kier alpha value is -1.61. The summed E-state index contributed by atoms with van der Waals surface area (Å²) in [6, 6.07) is 0.361. The Morgan fingerprint density at radius 1 is 1.13 bits per heavy atom. The van der Waals surface area contributed by atoms with Gasteiger partial charge in [-0.15, -0.1) is 0 Å². The number of fused-ring (bicyclic) bond motifs is 1. The molecule has 4 rings (SSSR count). The van der Waals surface area contributed by atoms with Gasteiger partial charge < -0.3 is 4.57 Å². The fraction of sp³-hybridized carbons (Fsp3) is 0.619. The van der Waals surface area contributed by atoms with Crippen molar-refractivity contribution in [2.45, 2.75) is 76.4 Å². The normalized spacial score (nSPS) is 19.4. The maximum atomic E-state index is 14.7. The second-order valence-electron chi connectivity index (χ2n) is 9.77. The molecule has 9 heteroatoms. The molecule has 2 aromatic rings. The summed E-state index contributed by atoms with van der Waals surface area (Å²) < 4.78 is 84.9. The molecule has 1 N–H and O–H groups in total. The molecule has 30 heavy (non-hydrogen) atoms. The molecule has 1 aromatic carbocycles. The predicted octanol–water partition coefficient (Wildman–Crippen LogP) is 5.39. The molecule has 2 saturated carbocycles. The highest BCUT2D eigenvalue weighted by molar-refractivity contribution is 7.90. The predicted molar refractivity (Wildman–Crippen MR) is 107 cm³/mol. The Balaban J connectivity index is 1.87. The minimum atomic E-state index is -4.85. The Labute approximate surface area is 173 Å². The second kappa shape index (κ2) is 6.95. The van der Waals surface area contributed by atoms with Gasteiger partial charge in [-0.2, -0.15) is 17.9 Å². The highest BCUT2D eigenvalue weighted by Gasteiger charge is 2.48. The zero-order valence-corrected chi connectivity index (χ0v) is 18.0. The van der Waals surface area contributed by atoms with Crippen LogP contribution < -0.4 is 4.72 Å². The highest BCUT2D eigenvalue weighted by atomic mass is 32.2. The van der Waals surface area contributed by atoms with Crippen molar-refractivity contribution in [3.63, 3.8) is 0 Å². The van der Waals surface area contributed by atoms with Gasteiger partial charge in [-0.05, 0) is 54.7 Å². The van der Waals surface area contributed by atoms with Crippen molar-refractivity contribution in [1.82, 2.24) is 9.29 Å². The number of sulfonamides is 1. The maximum absolute atomic E-state index is 14.7. The standard InChI is InChI=1S/C21H26F4N2O2S/c1-20(2,3)11-27-10-16(15-8-17(22)14(9-18(15)27)12-4-5-12)19(21(23,24)25)26-30(28,29)13-6-7-13/h8-10,12-13,19,26H,4-7,11H2,1-3H3/t19-/m0/s1. The lowest BCUT2D eigenvalue weighted by Crippen LogP contribution is -2.39. The molecule has 166 valence electrons.